The van der Waals surface area contributed by atoms with Gasteiger partial charge in [0.15, 0.2) is 0 Å². The van der Waals surface area contributed by atoms with Gasteiger partial charge in [0.05, 0.1) is 4.90 Å². The molecular weight excluding hydrogens is 284 g/mol. The Labute approximate surface area is 128 Å². The van der Waals surface area contributed by atoms with Crippen LogP contribution in [0.1, 0.15) is 81.8 Å². The summed E-state index contributed by atoms with van der Waals surface area (Å²) in [5.74, 6) is 0.914. The predicted molar refractivity (Wildman–Crippen MR) is 85.4 cm³/mol. The first-order valence-corrected chi connectivity index (χ1v) is 9.48. The molecule has 2 rings (SSSR count). The summed E-state index contributed by atoms with van der Waals surface area (Å²) >= 11 is 0. The molecular formula is C17H26O3S. The monoisotopic (exact) mass is 310 g/mol. The number of hydrogen-bond donors (Lipinski definition) is 1. The first kappa shape index (κ1) is 16.5. The minimum absolute atomic E-state index is 0.0360. The van der Waals surface area contributed by atoms with Crippen molar-refractivity contribution in [2.75, 3.05) is 0 Å². The SMILES string of the molecule is CCCCCCC1CCC(C)c2ccc(S(=O)(=O)O)cc21. The van der Waals surface area contributed by atoms with Gasteiger partial charge in [-0.2, -0.15) is 8.42 Å². The van der Waals surface area contributed by atoms with E-state index in [1.807, 2.05) is 6.07 Å². The summed E-state index contributed by atoms with van der Waals surface area (Å²) in [6, 6.07) is 5.12. The number of hydrogen-bond acceptors (Lipinski definition) is 2. The zero-order valence-corrected chi connectivity index (χ0v) is 13.8. The third-order valence-corrected chi connectivity index (χ3v) is 5.53. The van der Waals surface area contributed by atoms with Crippen LogP contribution in [0.2, 0.25) is 0 Å². The highest BCUT2D eigenvalue weighted by Gasteiger charge is 2.26. The van der Waals surface area contributed by atoms with E-state index in [0.717, 1.165) is 24.8 Å². The lowest BCUT2D eigenvalue weighted by Gasteiger charge is -2.30. The van der Waals surface area contributed by atoms with Gasteiger partial charge < -0.3 is 0 Å². The second-order valence-electron chi connectivity index (χ2n) is 6.29. The van der Waals surface area contributed by atoms with Gasteiger partial charge in [-0.15, -0.1) is 0 Å². The van der Waals surface area contributed by atoms with E-state index in [0.29, 0.717) is 11.8 Å². The van der Waals surface area contributed by atoms with E-state index in [1.165, 1.54) is 37.3 Å². The van der Waals surface area contributed by atoms with E-state index in [4.69, 9.17) is 0 Å². The fourth-order valence-corrected chi connectivity index (χ4v) is 3.91. The van der Waals surface area contributed by atoms with Crippen LogP contribution in [0.5, 0.6) is 0 Å². The maximum atomic E-state index is 11.4. The van der Waals surface area contributed by atoms with Crippen LogP contribution in [-0.2, 0) is 10.1 Å². The summed E-state index contributed by atoms with van der Waals surface area (Å²) in [6.45, 7) is 4.40. The fraction of sp³-hybridized carbons (Fsp3) is 0.647. The summed E-state index contributed by atoms with van der Waals surface area (Å²) in [7, 11) is -4.11. The molecule has 21 heavy (non-hydrogen) atoms. The van der Waals surface area contributed by atoms with Gasteiger partial charge in [0.25, 0.3) is 10.1 Å². The van der Waals surface area contributed by atoms with Gasteiger partial charge in [-0.1, -0.05) is 45.6 Å². The van der Waals surface area contributed by atoms with E-state index in [9.17, 15) is 13.0 Å². The molecule has 0 aliphatic heterocycles. The Balaban J connectivity index is 2.22. The molecule has 118 valence electrons. The highest BCUT2D eigenvalue weighted by Crippen LogP contribution is 2.41. The van der Waals surface area contributed by atoms with Crippen molar-refractivity contribution in [1.29, 1.82) is 0 Å². The van der Waals surface area contributed by atoms with E-state index < -0.39 is 10.1 Å². The smallest absolute Gasteiger partial charge is 0.282 e. The molecule has 0 aromatic heterocycles. The molecule has 2 unspecified atom stereocenters. The van der Waals surface area contributed by atoms with Crippen molar-refractivity contribution >= 4 is 10.1 Å². The maximum Gasteiger partial charge on any atom is 0.294 e. The van der Waals surface area contributed by atoms with Crippen LogP contribution in [0, 0.1) is 0 Å². The maximum absolute atomic E-state index is 11.4. The topological polar surface area (TPSA) is 54.4 Å². The van der Waals surface area contributed by atoms with E-state index in [1.54, 1.807) is 6.07 Å². The molecule has 4 heteroatoms. The van der Waals surface area contributed by atoms with Crippen molar-refractivity contribution in [2.45, 2.75) is 75.5 Å². The fourth-order valence-electron chi connectivity index (χ4n) is 3.40. The average molecular weight is 310 g/mol. The van der Waals surface area contributed by atoms with Crippen molar-refractivity contribution < 1.29 is 13.0 Å². The van der Waals surface area contributed by atoms with Crippen LogP contribution in [0.25, 0.3) is 0 Å². The zero-order chi connectivity index (χ0) is 15.5. The first-order valence-electron chi connectivity index (χ1n) is 8.04. The molecule has 0 amide bonds. The number of fused-ring (bicyclic) bond motifs is 1. The molecule has 0 heterocycles. The van der Waals surface area contributed by atoms with Crippen LogP contribution in [0.15, 0.2) is 23.1 Å². The lowest BCUT2D eigenvalue weighted by Crippen LogP contribution is -2.14. The standard InChI is InChI=1S/C17H26O3S/c1-3-4-5-6-7-14-9-8-13(2)16-11-10-15(12-17(14)16)21(18,19)20/h10-14H,3-9H2,1-2H3,(H,18,19,20). The Bertz CT molecular complexity index is 578. The van der Waals surface area contributed by atoms with Crippen LogP contribution >= 0.6 is 0 Å². The van der Waals surface area contributed by atoms with E-state index in [-0.39, 0.29) is 4.90 Å². The summed E-state index contributed by atoms with van der Waals surface area (Å²) in [5, 5.41) is 0. The third kappa shape index (κ3) is 4.07. The molecule has 0 bridgehead atoms. The number of rotatable bonds is 6. The van der Waals surface area contributed by atoms with Crippen molar-refractivity contribution in [3.8, 4) is 0 Å². The summed E-state index contributed by atoms with van der Waals surface area (Å²) in [5.41, 5.74) is 2.40. The van der Waals surface area contributed by atoms with Crippen molar-refractivity contribution in [3.05, 3.63) is 29.3 Å². The Morgan fingerprint density at radius 1 is 1.14 bits per heavy atom. The predicted octanol–water partition coefficient (Wildman–Crippen LogP) is 4.88. The average Bonchev–Trinajstić information content (AvgIpc) is 2.44. The van der Waals surface area contributed by atoms with Crippen molar-refractivity contribution in [1.82, 2.24) is 0 Å². The lowest BCUT2D eigenvalue weighted by atomic mass is 9.75. The van der Waals surface area contributed by atoms with Gasteiger partial charge >= 0.3 is 0 Å². The van der Waals surface area contributed by atoms with Crippen LogP contribution < -0.4 is 0 Å². The molecule has 1 N–H and O–H groups in total. The second-order valence-corrected chi connectivity index (χ2v) is 7.71. The molecule has 1 aromatic carbocycles. The minimum atomic E-state index is -4.11. The quantitative estimate of drug-likeness (QED) is 0.601. The number of benzene rings is 1. The summed E-state index contributed by atoms with van der Waals surface area (Å²) in [6.07, 6.45) is 8.34. The Hall–Kier alpha value is -0.870. The largest absolute Gasteiger partial charge is 0.294 e. The summed E-state index contributed by atoms with van der Waals surface area (Å²) in [4.78, 5) is 0.0360. The van der Waals surface area contributed by atoms with E-state index in [2.05, 4.69) is 13.8 Å². The van der Waals surface area contributed by atoms with Crippen LogP contribution in [-0.4, -0.2) is 13.0 Å². The molecule has 1 aliphatic carbocycles. The van der Waals surface area contributed by atoms with Crippen molar-refractivity contribution in [3.63, 3.8) is 0 Å². The lowest BCUT2D eigenvalue weighted by molar-refractivity contribution is 0.456. The van der Waals surface area contributed by atoms with Gasteiger partial charge in [0.1, 0.15) is 0 Å². The first-order chi connectivity index (χ1) is 9.93. The highest BCUT2D eigenvalue weighted by molar-refractivity contribution is 7.85. The number of unbranched alkanes of at least 4 members (excludes halogenated alkanes) is 3. The normalized spacial score (nSPS) is 22.0. The van der Waals surface area contributed by atoms with Gasteiger partial charge in [-0.05, 0) is 54.4 Å². The molecule has 0 radical (unpaired) electrons. The Morgan fingerprint density at radius 3 is 2.57 bits per heavy atom. The minimum Gasteiger partial charge on any atom is -0.282 e. The highest BCUT2D eigenvalue weighted by atomic mass is 32.2. The summed E-state index contributed by atoms with van der Waals surface area (Å²) < 4.78 is 32.0. The van der Waals surface area contributed by atoms with Gasteiger partial charge in [-0.25, -0.2) is 0 Å². The third-order valence-electron chi connectivity index (χ3n) is 4.68. The van der Waals surface area contributed by atoms with Crippen LogP contribution in [0.3, 0.4) is 0 Å². The molecule has 2 atom stereocenters. The molecule has 1 aromatic rings. The van der Waals surface area contributed by atoms with E-state index >= 15 is 0 Å². The zero-order valence-electron chi connectivity index (χ0n) is 13.0. The molecule has 0 saturated carbocycles. The van der Waals surface area contributed by atoms with Gasteiger partial charge in [-0.3, -0.25) is 4.55 Å². The molecule has 3 nitrogen and oxygen atoms in total. The van der Waals surface area contributed by atoms with Crippen LogP contribution in [0.4, 0.5) is 0 Å². The molecule has 0 spiro atoms. The Kier molecular flexibility index (Phi) is 5.44. The molecule has 1 aliphatic rings. The molecule has 0 fully saturated rings. The molecule has 0 saturated heterocycles. The van der Waals surface area contributed by atoms with Gasteiger partial charge in [0, 0.05) is 0 Å². The van der Waals surface area contributed by atoms with Crippen molar-refractivity contribution in [2.24, 2.45) is 0 Å². The van der Waals surface area contributed by atoms with Gasteiger partial charge in [0.2, 0.25) is 0 Å². The Morgan fingerprint density at radius 2 is 1.90 bits per heavy atom. The second kappa shape index (κ2) is 6.93.